The third-order valence-corrected chi connectivity index (χ3v) is 4.04. The van der Waals surface area contributed by atoms with Crippen LogP contribution >= 0.6 is 0 Å². The molecule has 0 saturated carbocycles. The Kier molecular flexibility index (Phi) is 4.38. The summed E-state index contributed by atoms with van der Waals surface area (Å²) < 4.78 is 28.2. The SMILES string of the molecule is O=C(CCn1cccn1)N1C[C@H](O)C[C@H]1c1ccc(F)c(F)c1. The van der Waals surface area contributed by atoms with E-state index in [0.29, 0.717) is 18.5 Å². The van der Waals surface area contributed by atoms with Gasteiger partial charge in [-0.2, -0.15) is 5.10 Å². The summed E-state index contributed by atoms with van der Waals surface area (Å²) in [5.74, 6) is -2.02. The average molecular weight is 321 g/mol. The normalized spacial score (nSPS) is 20.9. The summed E-state index contributed by atoms with van der Waals surface area (Å²) in [5.41, 5.74) is 0.493. The smallest absolute Gasteiger partial charge is 0.225 e. The molecule has 7 heteroatoms. The summed E-state index contributed by atoms with van der Waals surface area (Å²) >= 11 is 0. The van der Waals surface area contributed by atoms with Crippen LogP contribution in [0.15, 0.2) is 36.7 Å². The molecule has 1 aliphatic heterocycles. The van der Waals surface area contributed by atoms with Crippen molar-refractivity contribution < 1.29 is 18.7 Å². The summed E-state index contributed by atoms with van der Waals surface area (Å²) in [7, 11) is 0. The van der Waals surface area contributed by atoms with Gasteiger partial charge in [0.1, 0.15) is 0 Å². The Morgan fingerprint density at radius 1 is 1.35 bits per heavy atom. The van der Waals surface area contributed by atoms with Crippen molar-refractivity contribution in [3.8, 4) is 0 Å². The molecule has 0 aliphatic carbocycles. The van der Waals surface area contributed by atoms with E-state index in [1.807, 2.05) is 0 Å². The van der Waals surface area contributed by atoms with Gasteiger partial charge in [0.2, 0.25) is 5.91 Å². The van der Waals surface area contributed by atoms with Crippen molar-refractivity contribution >= 4 is 5.91 Å². The molecule has 1 aromatic carbocycles. The Morgan fingerprint density at radius 3 is 2.87 bits per heavy atom. The Labute approximate surface area is 132 Å². The van der Waals surface area contributed by atoms with Crippen LogP contribution < -0.4 is 0 Å². The molecule has 1 amide bonds. The average Bonchev–Trinajstić information content (AvgIpc) is 3.17. The van der Waals surface area contributed by atoms with Gasteiger partial charge < -0.3 is 10.0 Å². The summed E-state index contributed by atoms with van der Waals surface area (Å²) in [6.45, 7) is 0.629. The molecule has 1 fully saturated rings. The summed E-state index contributed by atoms with van der Waals surface area (Å²) in [6, 6.07) is 4.92. The Hall–Kier alpha value is -2.28. The molecule has 23 heavy (non-hydrogen) atoms. The van der Waals surface area contributed by atoms with Crippen LogP contribution in [0, 0.1) is 11.6 Å². The zero-order valence-corrected chi connectivity index (χ0v) is 12.4. The number of likely N-dealkylation sites (tertiary alicyclic amines) is 1. The number of β-amino-alcohol motifs (C(OH)–C–C–N with tert-alkyl or cyclic N) is 1. The summed E-state index contributed by atoms with van der Waals surface area (Å²) in [4.78, 5) is 14.0. The molecule has 0 unspecified atom stereocenters. The van der Waals surface area contributed by atoms with Crippen LogP contribution in [0.1, 0.15) is 24.4 Å². The lowest BCUT2D eigenvalue weighted by atomic mass is 10.0. The van der Waals surface area contributed by atoms with Crippen LogP contribution in [-0.2, 0) is 11.3 Å². The minimum atomic E-state index is -0.951. The molecule has 2 heterocycles. The number of hydrogen-bond acceptors (Lipinski definition) is 3. The van der Waals surface area contributed by atoms with Gasteiger partial charge in [-0.25, -0.2) is 8.78 Å². The van der Waals surface area contributed by atoms with E-state index in [1.54, 1.807) is 23.1 Å². The highest BCUT2D eigenvalue weighted by Crippen LogP contribution is 2.33. The maximum absolute atomic E-state index is 13.4. The lowest BCUT2D eigenvalue weighted by molar-refractivity contribution is -0.132. The first kappa shape index (κ1) is 15.6. The van der Waals surface area contributed by atoms with Gasteiger partial charge in [-0.15, -0.1) is 0 Å². The highest BCUT2D eigenvalue weighted by molar-refractivity contribution is 5.77. The van der Waals surface area contributed by atoms with Crippen LogP contribution in [0.5, 0.6) is 0 Å². The van der Waals surface area contributed by atoms with Crippen molar-refractivity contribution in [2.75, 3.05) is 6.54 Å². The molecule has 0 spiro atoms. The predicted octanol–water partition coefficient (Wildman–Crippen LogP) is 1.89. The number of carbonyl (C=O) groups excluding carboxylic acids is 1. The Morgan fingerprint density at radius 2 is 2.17 bits per heavy atom. The number of aliphatic hydroxyl groups excluding tert-OH is 1. The summed E-state index contributed by atoms with van der Waals surface area (Å²) in [5, 5.41) is 13.9. The largest absolute Gasteiger partial charge is 0.391 e. The first-order valence-corrected chi connectivity index (χ1v) is 7.44. The molecular weight excluding hydrogens is 304 g/mol. The third-order valence-electron chi connectivity index (χ3n) is 4.04. The number of rotatable bonds is 4. The van der Waals surface area contributed by atoms with Crippen molar-refractivity contribution in [1.29, 1.82) is 0 Å². The fourth-order valence-corrected chi connectivity index (χ4v) is 2.91. The van der Waals surface area contributed by atoms with Gasteiger partial charge in [-0.05, 0) is 30.2 Å². The molecule has 5 nitrogen and oxygen atoms in total. The van der Waals surface area contributed by atoms with Crippen LogP contribution in [0.4, 0.5) is 8.78 Å². The molecule has 122 valence electrons. The fourth-order valence-electron chi connectivity index (χ4n) is 2.91. The molecular formula is C16H17F2N3O2. The van der Waals surface area contributed by atoms with Gasteiger partial charge in [-0.1, -0.05) is 6.07 Å². The number of aromatic nitrogens is 2. The second kappa shape index (κ2) is 6.45. The van der Waals surface area contributed by atoms with E-state index < -0.39 is 23.8 Å². The van der Waals surface area contributed by atoms with Crippen molar-refractivity contribution in [3.05, 3.63) is 53.9 Å². The van der Waals surface area contributed by atoms with E-state index in [2.05, 4.69) is 5.10 Å². The standard InChI is InChI=1S/C16H17F2N3O2/c17-13-3-2-11(8-14(13)18)15-9-12(22)10-21(15)16(23)4-7-20-6-1-5-19-20/h1-3,5-6,8,12,15,22H,4,7,9-10H2/t12-,15+/m1/s1. The molecule has 0 bridgehead atoms. The van der Waals surface area contributed by atoms with Crippen LogP contribution in [-0.4, -0.2) is 38.3 Å². The lowest BCUT2D eigenvalue weighted by Crippen LogP contribution is -2.32. The number of hydrogen-bond donors (Lipinski definition) is 1. The number of amides is 1. The minimum Gasteiger partial charge on any atom is -0.391 e. The van der Waals surface area contributed by atoms with Crippen LogP contribution in [0.2, 0.25) is 0 Å². The van der Waals surface area contributed by atoms with Gasteiger partial charge in [-0.3, -0.25) is 9.48 Å². The molecule has 3 rings (SSSR count). The molecule has 0 radical (unpaired) electrons. The number of halogens is 2. The number of benzene rings is 1. The van der Waals surface area contributed by atoms with Gasteiger partial charge in [0.05, 0.1) is 12.1 Å². The molecule has 1 saturated heterocycles. The number of aliphatic hydroxyl groups is 1. The van der Waals surface area contributed by atoms with Crippen molar-refractivity contribution in [3.63, 3.8) is 0 Å². The number of aryl methyl sites for hydroxylation is 1. The molecule has 2 aromatic rings. The molecule has 2 atom stereocenters. The minimum absolute atomic E-state index is 0.146. The van der Waals surface area contributed by atoms with Crippen molar-refractivity contribution in [2.45, 2.75) is 31.5 Å². The Bertz CT molecular complexity index is 691. The van der Waals surface area contributed by atoms with Gasteiger partial charge in [0.15, 0.2) is 11.6 Å². The zero-order valence-electron chi connectivity index (χ0n) is 12.4. The molecule has 1 N–H and O–H groups in total. The van der Waals surface area contributed by atoms with E-state index in [4.69, 9.17) is 0 Å². The third kappa shape index (κ3) is 3.39. The first-order valence-electron chi connectivity index (χ1n) is 7.44. The van der Waals surface area contributed by atoms with Gasteiger partial charge >= 0.3 is 0 Å². The molecule has 1 aromatic heterocycles. The number of nitrogens with zero attached hydrogens (tertiary/aromatic N) is 3. The first-order chi connectivity index (χ1) is 11.0. The van der Waals surface area contributed by atoms with Crippen LogP contribution in [0.3, 0.4) is 0 Å². The quantitative estimate of drug-likeness (QED) is 0.935. The zero-order chi connectivity index (χ0) is 16.4. The second-order valence-electron chi connectivity index (χ2n) is 5.64. The molecule has 1 aliphatic rings. The number of carbonyl (C=O) groups is 1. The Balaban J connectivity index is 1.73. The van der Waals surface area contributed by atoms with E-state index >= 15 is 0 Å². The van der Waals surface area contributed by atoms with Gasteiger partial charge in [0, 0.05) is 31.9 Å². The topological polar surface area (TPSA) is 58.4 Å². The fraction of sp³-hybridized carbons (Fsp3) is 0.375. The maximum atomic E-state index is 13.4. The van der Waals surface area contributed by atoms with Crippen LogP contribution in [0.25, 0.3) is 0 Å². The van der Waals surface area contributed by atoms with E-state index in [1.165, 1.54) is 11.0 Å². The monoisotopic (exact) mass is 321 g/mol. The van der Waals surface area contributed by atoms with E-state index in [9.17, 15) is 18.7 Å². The van der Waals surface area contributed by atoms with E-state index in [-0.39, 0.29) is 18.9 Å². The highest BCUT2D eigenvalue weighted by Gasteiger charge is 2.35. The lowest BCUT2D eigenvalue weighted by Gasteiger charge is -2.25. The van der Waals surface area contributed by atoms with Gasteiger partial charge in [0.25, 0.3) is 0 Å². The summed E-state index contributed by atoms with van der Waals surface area (Å²) in [6.07, 6.45) is 3.28. The highest BCUT2D eigenvalue weighted by atomic mass is 19.2. The maximum Gasteiger partial charge on any atom is 0.225 e. The van der Waals surface area contributed by atoms with E-state index in [0.717, 1.165) is 12.1 Å². The van der Waals surface area contributed by atoms with Crippen molar-refractivity contribution in [1.82, 2.24) is 14.7 Å². The predicted molar refractivity (Wildman–Crippen MR) is 78.3 cm³/mol. The second-order valence-corrected chi connectivity index (χ2v) is 5.64. The van der Waals surface area contributed by atoms with Crippen molar-refractivity contribution in [2.24, 2.45) is 0 Å².